The lowest BCUT2D eigenvalue weighted by molar-refractivity contribution is 0.276. The summed E-state index contributed by atoms with van der Waals surface area (Å²) in [4.78, 5) is 15.8. The van der Waals surface area contributed by atoms with Crippen LogP contribution in [0.1, 0.15) is 56.5 Å². The van der Waals surface area contributed by atoms with Gasteiger partial charge in [-0.3, -0.25) is 0 Å². The van der Waals surface area contributed by atoms with Gasteiger partial charge in [0, 0.05) is 43.3 Å². The Morgan fingerprint density at radius 3 is 2.55 bits per heavy atom. The van der Waals surface area contributed by atoms with Gasteiger partial charge < -0.3 is 19.9 Å². The van der Waals surface area contributed by atoms with Gasteiger partial charge in [0.05, 0.1) is 18.6 Å². The van der Waals surface area contributed by atoms with E-state index in [0.717, 1.165) is 37.2 Å². The van der Waals surface area contributed by atoms with Crippen molar-refractivity contribution in [1.29, 1.82) is 0 Å². The monoisotopic (exact) mass is 420 g/mol. The molecule has 1 aliphatic rings. The molecule has 1 aliphatic heterocycles. The first-order valence-corrected chi connectivity index (χ1v) is 10.9. The number of imidazole rings is 1. The SMILES string of the molecule is Cc1ccc(C(C)(C)C)cc1Nc1cc(CO)nc(N2CCC(n3ccnc3)CC2)n1. The van der Waals surface area contributed by atoms with Gasteiger partial charge in [-0.15, -0.1) is 0 Å². The molecule has 2 N–H and O–H groups in total. The van der Waals surface area contributed by atoms with Gasteiger partial charge in [-0.1, -0.05) is 32.9 Å². The van der Waals surface area contributed by atoms with Gasteiger partial charge in [0.2, 0.25) is 5.95 Å². The summed E-state index contributed by atoms with van der Waals surface area (Å²) >= 11 is 0. The summed E-state index contributed by atoms with van der Waals surface area (Å²) in [5, 5.41) is 13.2. The number of aliphatic hydroxyl groups is 1. The smallest absolute Gasteiger partial charge is 0.227 e. The zero-order valence-corrected chi connectivity index (χ0v) is 18.8. The second-order valence-electron chi connectivity index (χ2n) is 9.34. The van der Waals surface area contributed by atoms with Gasteiger partial charge in [-0.2, -0.15) is 4.98 Å². The number of nitrogens with one attached hydrogen (secondary N) is 1. The number of aliphatic hydroxyl groups excluding tert-OH is 1. The highest BCUT2D eigenvalue weighted by Crippen LogP contribution is 2.30. The van der Waals surface area contributed by atoms with Crippen molar-refractivity contribution in [1.82, 2.24) is 19.5 Å². The van der Waals surface area contributed by atoms with Gasteiger partial charge in [0.15, 0.2) is 0 Å². The van der Waals surface area contributed by atoms with Crippen LogP contribution in [0, 0.1) is 6.92 Å². The van der Waals surface area contributed by atoms with E-state index in [1.54, 1.807) is 0 Å². The maximum atomic E-state index is 9.78. The van der Waals surface area contributed by atoms with Crippen molar-refractivity contribution in [3.8, 4) is 0 Å². The van der Waals surface area contributed by atoms with Crippen LogP contribution in [0.4, 0.5) is 17.5 Å². The molecule has 164 valence electrons. The molecular weight excluding hydrogens is 388 g/mol. The predicted molar refractivity (Wildman–Crippen MR) is 124 cm³/mol. The summed E-state index contributed by atoms with van der Waals surface area (Å²) in [6.45, 7) is 10.3. The molecule has 7 nitrogen and oxygen atoms in total. The van der Waals surface area contributed by atoms with Gasteiger partial charge in [-0.05, 0) is 42.4 Å². The van der Waals surface area contributed by atoms with Crippen LogP contribution in [0.3, 0.4) is 0 Å². The van der Waals surface area contributed by atoms with Crippen molar-refractivity contribution >= 4 is 17.5 Å². The largest absolute Gasteiger partial charge is 0.390 e. The van der Waals surface area contributed by atoms with Crippen LogP contribution in [0.5, 0.6) is 0 Å². The number of rotatable bonds is 5. The third kappa shape index (κ3) is 4.88. The lowest BCUT2D eigenvalue weighted by Crippen LogP contribution is -2.35. The summed E-state index contributed by atoms with van der Waals surface area (Å²) in [6.07, 6.45) is 7.77. The van der Waals surface area contributed by atoms with E-state index in [0.29, 0.717) is 23.5 Å². The van der Waals surface area contributed by atoms with E-state index in [1.165, 1.54) is 5.56 Å². The highest BCUT2D eigenvalue weighted by molar-refractivity contribution is 5.63. The Labute approximate surface area is 184 Å². The van der Waals surface area contributed by atoms with Crippen LogP contribution in [0.2, 0.25) is 0 Å². The fraction of sp³-hybridized carbons (Fsp3) is 0.458. The fourth-order valence-corrected chi connectivity index (χ4v) is 3.98. The Bertz CT molecular complexity index is 1020. The summed E-state index contributed by atoms with van der Waals surface area (Å²) in [6, 6.07) is 8.78. The summed E-state index contributed by atoms with van der Waals surface area (Å²) < 4.78 is 2.18. The van der Waals surface area contributed by atoms with Crippen LogP contribution in [-0.2, 0) is 12.0 Å². The summed E-state index contributed by atoms with van der Waals surface area (Å²) in [7, 11) is 0. The number of anilines is 3. The lowest BCUT2D eigenvalue weighted by atomic mass is 9.86. The fourth-order valence-electron chi connectivity index (χ4n) is 3.98. The lowest BCUT2D eigenvalue weighted by Gasteiger charge is -2.32. The Kier molecular flexibility index (Phi) is 5.96. The molecule has 7 heteroatoms. The zero-order chi connectivity index (χ0) is 22.0. The second-order valence-corrected chi connectivity index (χ2v) is 9.34. The minimum atomic E-state index is -0.114. The molecule has 0 aliphatic carbocycles. The van der Waals surface area contributed by atoms with Gasteiger partial charge in [-0.25, -0.2) is 9.97 Å². The Morgan fingerprint density at radius 2 is 1.90 bits per heavy atom. The van der Waals surface area contributed by atoms with E-state index < -0.39 is 0 Å². The van der Waals surface area contributed by atoms with Crippen molar-refractivity contribution in [2.45, 2.75) is 58.6 Å². The van der Waals surface area contributed by atoms with E-state index >= 15 is 0 Å². The molecule has 0 radical (unpaired) electrons. The van der Waals surface area contributed by atoms with Crippen molar-refractivity contribution < 1.29 is 5.11 Å². The van der Waals surface area contributed by atoms with Crippen molar-refractivity contribution in [2.24, 2.45) is 0 Å². The number of nitrogens with zero attached hydrogens (tertiary/aromatic N) is 5. The molecular formula is C24H32N6O. The molecule has 1 fully saturated rings. The van der Waals surface area contributed by atoms with Gasteiger partial charge in [0.25, 0.3) is 0 Å². The molecule has 0 bridgehead atoms. The van der Waals surface area contributed by atoms with E-state index in [4.69, 9.17) is 4.98 Å². The molecule has 0 unspecified atom stereocenters. The highest BCUT2D eigenvalue weighted by Gasteiger charge is 2.23. The quantitative estimate of drug-likeness (QED) is 0.639. The molecule has 0 amide bonds. The molecule has 1 saturated heterocycles. The Balaban J connectivity index is 1.55. The average Bonchev–Trinajstić information content (AvgIpc) is 3.29. The number of aryl methyl sites for hydroxylation is 1. The standard InChI is InChI=1S/C24H32N6O/c1-17-5-6-18(24(2,3)4)13-21(17)27-22-14-19(15-31)26-23(28-22)29-10-7-20(8-11-29)30-12-9-25-16-30/h5-6,9,12-14,16,20,31H,7-8,10-11,15H2,1-4H3,(H,26,27,28). The molecule has 0 saturated carbocycles. The first-order valence-electron chi connectivity index (χ1n) is 10.9. The van der Waals surface area contributed by atoms with Crippen molar-refractivity contribution in [2.75, 3.05) is 23.3 Å². The molecule has 0 atom stereocenters. The predicted octanol–water partition coefficient (Wildman–Crippen LogP) is 4.36. The van der Waals surface area contributed by atoms with E-state index in [1.807, 2.05) is 24.8 Å². The molecule has 0 spiro atoms. The molecule has 1 aromatic carbocycles. The first-order chi connectivity index (χ1) is 14.8. The second kappa shape index (κ2) is 8.67. The Morgan fingerprint density at radius 1 is 1.13 bits per heavy atom. The van der Waals surface area contributed by atoms with Crippen LogP contribution in [0.25, 0.3) is 0 Å². The number of hydrogen-bond acceptors (Lipinski definition) is 6. The van der Waals surface area contributed by atoms with E-state index in [2.05, 4.69) is 70.6 Å². The van der Waals surface area contributed by atoms with Crippen LogP contribution in [-0.4, -0.2) is 37.7 Å². The molecule has 4 rings (SSSR count). The first kappa shape index (κ1) is 21.3. The maximum absolute atomic E-state index is 9.78. The van der Waals surface area contributed by atoms with Crippen molar-refractivity contribution in [3.63, 3.8) is 0 Å². The molecule has 3 aromatic rings. The number of aromatic nitrogens is 4. The topological polar surface area (TPSA) is 79.1 Å². The zero-order valence-electron chi connectivity index (χ0n) is 18.8. The number of hydrogen-bond donors (Lipinski definition) is 2. The minimum absolute atomic E-state index is 0.0663. The molecule has 31 heavy (non-hydrogen) atoms. The van der Waals surface area contributed by atoms with E-state index in [-0.39, 0.29) is 12.0 Å². The van der Waals surface area contributed by atoms with Gasteiger partial charge >= 0.3 is 0 Å². The van der Waals surface area contributed by atoms with Crippen LogP contribution < -0.4 is 10.2 Å². The van der Waals surface area contributed by atoms with Crippen LogP contribution >= 0.6 is 0 Å². The van der Waals surface area contributed by atoms with E-state index in [9.17, 15) is 5.11 Å². The third-order valence-corrected chi connectivity index (χ3v) is 5.99. The van der Waals surface area contributed by atoms with Crippen molar-refractivity contribution in [3.05, 3.63) is 59.8 Å². The normalized spacial score (nSPS) is 15.3. The highest BCUT2D eigenvalue weighted by atomic mass is 16.3. The third-order valence-electron chi connectivity index (χ3n) is 5.99. The Hall–Kier alpha value is -2.93. The number of piperidine rings is 1. The van der Waals surface area contributed by atoms with Crippen LogP contribution in [0.15, 0.2) is 43.0 Å². The molecule has 2 aromatic heterocycles. The summed E-state index contributed by atoms with van der Waals surface area (Å²) in [5.41, 5.74) is 4.13. The number of benzene rings is 1. The minimum Gasteiger partial charge on any atom is -0.390 e. The average molecular weight is 421 g/mol. The maximum Gasteiger partial charge on any atom is 0.227 e. The molecule has 3 heterocycles. The summed E-state index contributed by atoms with van der Waals surface area (Å²) in [5.74, 6) is 1.38. The van der Waals surface area contributed by atoms with Gasteiger partial charge in [0.1, 0.15) is 5.82 Å².